The van der Waals surface area contributed by atoms with Crippen molar-refractivity contribution in [2.45, 2.75) is 58.0 Å². The number of halogens is 2. The Kier molecular flexibility index (Phi) is 6.66. The average molecular weight is 509 g/mol. The number of nitrogens with one attached hydrogen (secondary N) is 2. The molecule has 2 N–H and O–H groups in total. The molecule has 3 aromatic heterocycles. The van der Waals surface area contributed by atoms with Gasteiger partial charge in [0.15, 0.2) is 0 Å². The number of alkyl halides is 2. The van der Waals surface area contributed by atoms with Crippen molar-refractivity contribution in [1.29, 1.82) is 0 Å². The molecule has 2 aliphatic rings. The van der Waals surface area contributed by atoms with E-state index < -0.39 is 24.4 Å². The van der Waals surface area contributed by atoms with Crippen molar-refractivity contribution in [3.63, 3.8) is 0 Å². The van der Waals surface area contributed by atoms with Crippen molar-refractivity contribution >= 4 is 23.5 Å². The Morgan fingerprint density at radius 1 is 1.19 bits per heavy atom. The summed E-state index contributed by atoms with van der Waals surface area (Å²) < 4.78 is 30.8. The van der Waals surface area contributed by atoms with E-state index in [0.717, 1.165) is 29.8 Å². The molecule has 0 aliphatic carbocycles. The highest BCUT2D eigenvalue weighted by atomic mass is 19.3. The van der Waals surface area contributed by atoms with Crippen LogP contribution < -0.4 is 10.6 Å². The zero-order valence-electron chi connectivity index (χ0n) is 20.9. The van der Waals surface area contributed by atoms with Gasteiger partial charge in [0.25, 0.3) is 11.8 Å². The van der Waals surface area contributed by atoms with Crippen molar-refractivity contribution in [1.82, 2.24) is 24.8 Å². The molecular formula is C27H30F2N6O2. The van der Waals surface area contributed by atoms with Gasteiger partial charge in [-0.25, -0.2) is 18.7 Å². The van der Waals surface area contributed by atoms with Crippen LogP contribution in [0.15, 0.2) is 42.7 Å². The summed E-state index contributed by atoms with van der Waals surface area (Å²) >= 11 is 0. The molecule has 5 heterocycles. The van der Waals surface area contributed by atoms with Gasteiger partial charge in [0, 0.05) is 56.1 Å². The van der Waals surface area contributed by atoms with Crippen LogP contribution in [0, 0.1) is 6.92 Å². The van der Waals surface area contributed by atoms with E-state index in [1.54, 1.807) is 25.3 Å². The lowest BCUT2D eigenvalue weighted by Crippen LogP contribution is -2.55. The number of nitrogens with zero attached hydrogens (tertiary/aromatic N) is 4. The molecule has 194 valence electrons. The number of carbonyl (C=O) groups excluding carboxylic acids is 2. The maximum atomic E-state index is 14.3. The topological polar surface area (TPSA) is 92.1 Å². The Labute approximate surface area is 214 Å². The number of piperidine rings is 1. The van der Waals surface area contributed by atoms with Crippen LogP contribution >= 0.6 is 0 Å². The summed E-state index contributed by atoms with van der Waals surface area (Å²) in [7, 11) is 0. The number of hydrogen-bond acceptors (Lipinski definition) is 5. The number of hydrogen-bond donors (Lipinski definition) is 2. The van der Waals surface area contributed by atoms with Crippen molar-refractivity contribution in [3.05, 3.63) is 59.7 Å². The molecule has 0 spiro atoms. The Morgan fingerprint density at radius 2 is 2.03 bits per heavy atom. The molecule has 0 radical (unpaired) electrons. The van der Waals surface area contributed by atoms with Crippen LogP contribution in [0.2, 0.25) is 0 Å². The second-order valence-corrected chi connectivity index (χ2v) is 9.81. The van der Waals surface area contributed by atoms with Crippen LogP contribution in [0.1, 0.15) is 47.9 Å². The number of carbonyl (C=O) groups is 2. The molecule has 37 heavy (non-hydrogen) atoms. The van der Waals surface area contributed by atoms with Gasteiger partial charge in [0.05, 0.1) is 6.54 Å². The molecular weight excluding hydrogens is 478 g/mol. The largest absolute Gasteiger partial charge is 0.354 e. The zero-order chi connectivity index (χ0) is 26.2. The minimum Gasteiger partial charge on any atom is -0.354 e. The monoisotopic (exact) mass is 508 g/mol. The summed E-state index contributed by atoms with van der Waals surface area (Å²) in [5.41, 5.74) is 4.19. The molecule has 2 amide bonds. The second-order valence-electron chi connectivity index (χ2n) is 9.81. The predicted molar refractivity (Wildman–Crippen MR) is 136 cm³/mol. The van der Waals surface area contributed by atoms with E-state index in [0.29, 0.717) is 17.2 Å². The van der Waals surface area contributed by atoms with E-state index >= 15 is 0 Å². The van der Waals surface area contributed by atoms with E-state index in [1.165, 1.54) is 18.2 Å². The number of aromatic nitrogens is 3. The fraction of sp³-hybridized carbons (Fsp3) is 0.407. The summed E-state index contributed by atoms with van der Waals surface area (Å²) in [5.74, 6) is -2.89. The van der Waals surface area contributed by atoms with Crippen molar-refractivity contribution in [2.75, 3.05) is 18.4 Å². The van der Waals surface area contributed by atoms with E-state index in [4.69, 9.17) is 0 Å². The fourth-order valence-corrected chi connectivity index (χ4v) is 5.12. The SMILES string of the molecule is CC(=O)NC[C@H]1CCC(F)(F)CN1C(=O)c1nc(Nc2cc(-c3ccn4c3CCC4)ccn2)ccc1C. The molecule has 10 heteroatoms. The van der Waals surface area contributed by atoms with Gasteiger partial charge in [0.2, 0.25) is 5.91 Å². The summed E-state index contributed by atoms with van der Waals surface area (Å²) in [6.07, 6.45) is 5.76. The van der Waals surface area contributed by atoms with Gasteiger partial charge < -0.3 is 20.1 Å². The van der Waals surface area contributed by atoms with Gasteiger partial charge in [-0.05, 0) is 61.6 Å². The van der Waals surface area contributed by atoms with Gasteiger partial charge >= 0.3 is 0 Å². The van der Waals surface area contributed by atoms with Crippen molar-refractivity contribution in [2.24, 2.45) is 0 Å². The lowest BCUT2D eigenvalue weighted by molar-refractivity contribution is -0.119. The highest BCUT2D eigenvalue weighted by Crippen LogP contribution is 2.33. The molecule has 0 saturated carbocycles. The fourth-order valence-electron chi connectivity index (χ4n) is 5.12. The molecule has 0 unspecified atom stereocenters. The molecule has 2 aliphatic heterocycles. The number of rotatable bonds is 6. The Bertz CT molecular complexity index is 1340. The first-order chi connectivity index (χ1) is 17.7. The molecule has 5 rings (SSSR count). The minimum absolute atomic E-state index is 0.0937. The first kappa shape index (κ1) is 24.9. The van der Waals surface area contributed by atoms with Gasteiger partial charge in [-0.2, -0.15) is 0 Å². The number of likely N-dealkylation sites (tertiary alicyclic amines) is 1. The first-order valence-electron chi connectivity index (χ1n) is 12.5. The summed E-state index contributed by atoms with van der Waals surface area (Å²) in [5, 5.41) is 5.81. The summed E-state index contributed by atoms with van der Waals surface area (Å²) in [4.78, 5) is 34.9. The van der Waals surface area contributed by atoms with Gasteiger partial charge in [-0.1, -0.05) is 6.07 Å². The number of fused-ring (bicyclic) bond motifs is 1. The highest BCUT2D eigenvalue weighted by Gasteiger charge is 2.42. The smallest absolute Gasteiger partial charge is 0.273 e. The van der Waals surface area contributed by atoms with Gasteiger partial charge in [-0.3, -0.25) is 9.59 Å². The van der Waals surface area contributed by atoms with Crippen LogP contribution in [-0.4, -0.2) is 56.3 Å². The molecule has 0 aromatic carbocycles. The lowest BCUT2D eigenvalue weighted by Gasteiger charge is -2.39. The zero-order valence-corrected chi connectivity index (χ0v) is 20.9. The molecule has 1 fully saturated rings. The Hall–Kier alpha value is -3.82. The summed E-state index contributed by atoms with van der Waals surface area (Å²) in [6, 6.07) is 8.94. The normalized spacial score (nSPS) is 18.4. The average Bonchev–Trinajstić information content (AvgIpc) is 3.48. The van der Waals surface area contributed by atoms with Crippen LogP contribution in [0.5, 0.6) is 0 Å². The Balaban J connectivity index is 1.38. The number of pyridine rings is 2. The molecule has 1 atom stereocenters. The van der Waals surface area contributed by atoms with Crippen molar-refractivity contribution < 1.29 is 18.4 Å². The van der Waals surface area contributed by atoms with Crippen molar-refractivity contribution in [3.8, 4) is 11.1 Å². The van der Waals surface area contributed by atoms with Gasteiger partial charge in [0.1, 0.15) is 17.3 Å². The molecule has 8 nitrogen and oxygen atoms in total. The van der Waals surface area contributed by atoms with Crippen LogP contribution in [0.4, 0.5) is 20.4 Å². The van der Waals surface area contributed by atoms with Crippen LogP contribution in [0.25, 0.3) is 11.1 Å². The molecule has 3 aromatic rings. The number of amides is 2. The minimum atomic E-state index is -2.99. The van der Waals surface area contributed by atoms with Crippen LogP contribution in [-0.2, 0) is 17.8 Å². The lowest BCUT2D eigenvalue weighted by atomic mass is 9.98. The quantitative estimate of drug-likeness (QED) is 0.518. The highest BCUT2D eigenvalue weighted by molar-refractivity contribution is 5.94. The summed E-state index contributed by atoms with van der Waals surface area (Å²) in [6.45, 7) is 3.53. The number of anilines is 2. The van der Waals surface area contributed by atoms with E-state index in [9.17, 15) is 18.4 Å². The first-order valence-corrected chi connectivity index (χ1v) is 12.5. The maximum absolute atomic E-state index is 14.3. The maximum Gasteiger partial charge on any atom is 0.273 e. The predicted octanol–water partition coefficient (Wildman–Crippen LogP) is 4.32. The van der Waals surface area contributed by atoms with Gasteiger partial charge in [-0.15, -0.1) is 0 Å². The third kappa shape index (κ3) is 5.33. The van der Waals surface area contributed by atoms with E-state index in [2.05, 4.69) is 37.4 Å². The van der Waals surface area contributed by atoms with Crippen LogP contribution in [0.3, 0.4) is 0 Å². The standard InChI is InChI=1S/C27H30F2N6O2/c1-17-5-6-23(32-24-14-19(8-11-30-24)21-9-13-34-12-3-4-22(21)34)33-25(17)26(37)35-16-27(28,29)10-7-20(35)15-31-18(2)36/h5-6,8-9,11,13-14,20H,3-4,7,10,12,15-16H2,1-2H3,(H,31,36)(H,30,32,33)/t20-/m1/s1. The third-order valence-corrected chi connectivity index (χ3v) is 7.05. The Morgan fingerprint density at radius 3 is 2.84 bits per heavy atom. The molecule has 1 saturated heterocycles. The van der Waals surface area contributed by atoms with E-state index in [1.807, 2.05) is 12.1 Å². The van der Waals surface area contributed by atoms with E-state index in [-0.39, 0.29) is 31.0 Å². The second kappa shape index (κ2) is 9.91. The third-order valence-electron chi connectivity index (χ3n) is 7.05. The number of aryl methyl sites for hydroxylation is 2. The molecule has 0 bridgehead atoms.